The van der Waals surface area contributed by atoms with Crippen LogP contribution in [0.25, 0.3) is 11.1 Å². The van der Waals surface area contributed by atoms with Gasteiger partial charge in [-0.2, -0.15) is 0 Å². The molecule has 0 radical (unpaired) electrons. The van der Waals surface area contributed by atoms with E-state index in [1.54, 1.807) is 7.11 Å². The van der Waals surface area contributed by atoms with Gasteiger partial charge in [0.1, 0.15) is 17.6 Å². The molecule has 2 aromatic carbocycles. The molecule has 2 bridgehead atoms. The highest BCUT2D eigenvalue weighted by atomic mass is 35.5. The fraction of sp³-hybridized carbons (Fsp3) is 0.500. The molecule has 0 saturated carbocycles. The summed E-state index contributed by atoms with van der Waals surface area (Å²) in [5.41, 5.74) is 2.41. The van der Waals surface area contributed by atoms with E-state index in [1.807, 2.05) is 36.4 Å². The highest BCUT2D eigenvalue weighted by molar-refractivity contribution is 6.30. The minimum absolute atomic E-state index is 0.0327. The van der Waals surface area contributed by atoms with E-state index >= 15 is 0 Å². The zero-order valence-corrected chi connectivity index (χ0v) is 20.2. The third kappa shape index (κ3) is 4.38. The maximum absolute atomic E-state index is 13.0. The second-order valence-electron chi connectivity index (χ2n) is 10.0. The molecule has 0 spiro atoms. The van der Waals surface area contributed by atoms with Gasteiger partial charge in [0.15, 0.2) is 0 Å². The molecule has 1 amide bonds. The maximum atomic E-state index is 13.0. The van der Waals surface area contributed by atoms with Crippen molar-refractivity contribution in [3.8, 4) is 22.6 Å². The zero-order chi connectivity index (χ0) is 23.2. The lowest BCUT2D eigenvalue weighted by molar-refractivity contribution is -0.0361. The molecule has 7 heteroatoms. The van der Waals surface area contributed by atoms with Gasteiger partial charge >= 0.3 is 6.09 Å². The summed E-state index contributed by atoms with van der Waals surface area (Å²) < 4.78 is 17.8. The molecule has 33 heavy (non-hydrogen) atoms. The summed E-state index contributed by atoms with van der Waals surface area (Å²) in [7, 11) is 1.65. The van der Waals surface area contributed by atoms with E-state index in [0.717, 1.165) is 54.9 Å². The highest BCUT2D eigenvalue weighted by Gasteiger charge is 2.41. The van der Waals surface area contributed by atoms with Crippen molar-refractivity contribution < 1.29 is 19.0 Å². The Morgan fingerprint density at radius 2 is 2.00 bits per heavy atom. The van der Waals surface area contributed by atoms with Gasteiger partial charge in [-0.15, -0.1) is 0 Å². The number of fused-ring (bicyclic) bond motifs is 4. The number of benzene rings is 2. The largest absolute Gasteiger partial charge is 0.496 e. The number of hydrogen-bond donors (Lipinski definition) is 1. The van der Waals surface area contributed by atoms with E-state index in [4.69, 9.17) is 25.8 Å². The van der Waals surface area contributed by atoms with E-state index in [0.29, 0.717) is 23.3 Å². The summed E-state index contributed by atoms with van der Waals surface area (Å²) >= 11 is 6.22. The summed E-state index contributed by atoms with van der Waals surface area (Å²) in [6, 6.07) is 11.3. The molecule has 0 aromatic heterocycles. The lowest BCUT2D eigenvalue weighted by Gasteiger charge is -2.44. The van der Waals surface area contributed by atoms with E-state index in [2.05, 4.69) is 24.1 Å². The van der Waals surface area contributed by atoms with Crippen LogP contribution in [0, 0.1) is 11.3 Å². The molecule has 6 rings (SSSR count). The second kappa shape index (κ2) is 8.73. The third-order valence-corrected chi connectivity index (χ3v) is 7.51. The van der Waals surface area contributed by atoms with Gasteiger partial charge in [0.25, 0.3) is 0 Å². The molecule has 2 aromatic rings. The third-order valence-electron chi connectivity index (χ3n) is 7.28. The standard InChI is InChI=1S/C26H31ClN2O4/c1-26(2)15-32-22-12-19(17-5-4-6-18(27)11-17)21(31-3)13-20(22)24(26)28-25(30)33-23-14-29-9-7-16(23)8-10-29/h4-6,11-13,16,23-24H,7-10,14-15H2,1-3H3,(H,28,30)/t23-,24?/m1/s1. The molecule has 3 fully saturated rings. The number of methoxy groups -OCH3 is 1. The zero-order valence-electron chi connectivity index (χ0n) is 19.4. The van der Waals surface area contributed by atoms with Crippen LogP contribution in [0.2, 0.25) is 5.02 Å². The van der Waals surface area contributed by atoms with Gasteiger partial charge in [0.05, 0.1) is 19.8 Å². The number of carbonyl (C=O) groups excluding carboxylic acids is 1. The van der Waals surface area contributed by atoms with Crippen LogP contribution in [0.5, 0.6) is 11.5 Å². The highest BCUT2D eigenvalue weighted by Crippen LogP contribution is 2.47. The van der Waals surface area contributed by atoms with E-state index < -0.39 is 0 Å². The molecule has 4 aliphatic rings. The first kappa shape index (κ1) is 22.4. The Kier molecular flexibility index (Phi) is 5.91. The number of alkyl carbamates (subject to hydrolysis) is 1. The van der Waals surface area contributed by atoms with Gasteiger partial charge in [0, 0.05) is 28.1 Å². The molecule has 6 nitrogen and oxygen atoms in total. The lowest BCUT2D eigenvalue weighted by Crippen LogP contribution is -2.53. The van der Waals surface area contributed by atoms with E-state index in [1.165, 1.54) is 0 Å². The van der Waals surface area contributed by atoms with Crippen molar-refractivity contribution in [3.63, 3.8) is 0 Å². The number of hydrogen-bond acceptors (Lipinski definition) is 5. The first-order valence-electron chi connectivity index (χ1n) is 11.6. The fourth-order valence-corrected chi connectivity index (χ4v) is 5.54. The van der Waals surface area contributed by atoms with E-state index in [9.17, 15) is 4.79 Å². The number of nitrogens with zero attached hydrogens (tertiary/aromatic N) is 1. The molecule has 2 atom stereocenters. The molecule has 1 N–H and O–H groups in total. The average Bonchev–Trinajstić information content (AvgIpc) is 2.81. The molecule has 0 aliphatic carbocycles. The summed E-state index contributed by atoms with van der Waals surface area (Å²) in [4.78, 5) is 15.4. The molecule has 4 aliphatic heterocycles. The first-order chi connectivity index (χ1) is 15.8. The minimum Gasteiger partial charge on any atom is -0.496 e. The minimum atomic E-state index is -0.363. The fourth-order valence-electron chi connectivity index (χ4n) is 5.35. The summed E-state index contributed by atoms with van der Waals surface area (Å²) in [6.45, 7) is 7.72. The van der Waals surface area contributed by atoms with Gasteiger partial charge in [-0.1, -0.05) is 37.6 Å². The summed E-state index contributed by atoms with van der Waals surface area (Å²) in [5, 5.41) is 3.81. The maximum Gasteiger partial charge on any atom is 0.407 e. The Hall–Kier alpha value is -2.44. The number of carbonyl (C=O) groups is 1. The molecule has 3 saturated heterocycles. The Bertz CT molecular complexity index is 1050. The van der Waals surface area contributed by atoms with Gasteiger partial charge in [-0.05, 0) is 61.7 Å². The van der Waals surface area contributed by atoms with Crippen molar-refractivity contribution in [1.29, 1.82) is 0 Å². The quantitative estimate of drug-likeness (QED) is 0.657. The smallest absolute Gasteiger partial charge is 0.407 e. The van der Waals surface area contributed by atoms with Crippen molar-refractivity contribution in [2.75, 3.05) is 33.4 Å². The molecular formula is C26H31ClN2O4. The number of piperidine rings is 3. The van der Waals surface area contributed by atoms with Gasteiger partial charge < -0.3 is 19.5 Å². The van der Waals surface area contributed by atoms with Crippen LogP contribution in [0.4, 0.5) is 4.79 Å². The molecule has 4 heterocycles. The summed E-state index contributed by atoms with van der Waals surface area (Å²) in [5.74, 6) is 1.91. The van der Waals surface area contributed by atoms with Crippen LogP contribution in [-0.4, -0.2) is 50.4 Å². The second-order valence-corrected chi connectivity index (χ2v) is 10.5. The van der Waals surface area contributed by atoms with Crippen LogP contribution < -0.4 is 14.8 Å². The van der Waals surface area contributed by atoms with Crippen molar-refractivity contribution >= 4 is 17.7 Å². The topological polar surface area (TPSA) is 60.0 Å². The van der Waals surface area contributed by atoms with Crippen LogP contribution in [-0.2, 0) is 4.74 Å². The Balaban J connectivity index is 1.42. The van der Waals surface area contributed by atoms with Gasteiger partial charge in [-0.25, -0.2) is 4.79 Å². The first-order valence-corrected chi connectivity index (χ1v) is 12.0. The molecule has 176 valence electrons. The Labute approximate surface area is 200 Å². The monoisotopic (exact) mass is 470 g/mol. The number of amides is 1. The Morgan fingerprint density at radius 3 is 2.67 bits per heavy atom. The number of rotatable bonds is 4. The number of nitrogens with one attached hydrogen (secondary N) is 1. The summed E-state index contributed by atoms with van der Waals surface area (Å²) in [6.07, 6.45) is 1.81. The average molecular weight is 471 g/mol. The number of halogens is 1. The predicted octanol–water partition coefficient (Wildman–Crippen LogP) is 5.30. The van der Waals surface area contributed by atoms with Crippen LogP contribution in [0.3, 0.4) is 0 Å². The van der Waals surface area contributed by atoms with Gasteiger partial charge in [-0.3, -0.25) is 4.90 Å². The molecule has 1 unspecified atom stereocenters. The van der Waals surface area contributed by atoms with Crippen LogP contribution >= 0.6 is 11.6 Å². The predicted molar refractivity (Wildman–Crippen MR) is 128 cm³/mol. The van der Waals surface area contributed by atoms with Crippen LogP contribution in [0.15, 0.2) is 36.4 Å². The number of ether oxygens (including phenoxy) is 3. The van der Waals surface area contributed by atoms with Gasteiger partial charge in [0.2, 0.25) is 0 Å². The van der Waals surface area contributed by atoms with E-state index in [-0.39, 0.29) is 23.7 Å². The van der Waals surface area contributed by atoms with Crippen molar-refractivity contribution in [2.24, 2.45) is 11.3 Å². The van der Waals surface area contributed by atoms with Crippen molar-refractivity contribution in [1.82, 2.24) is 10.2 Å². The lowest BCUT2D eigenvalue weighted by atomic mass is 9.78. The van der Waals surface area contributed by atoms with Crippen LogP contribution in [0.1, 0.15) is 38.3 Å². The van der Waals surface area contributed by atoms with Crippen molar-refractivity contribution in [2.45, 2.75) is 38.8 Å². The molecular weight excluding hydrogens is 440 g/mol. The van der Waals surface area contributed by atoms with Crippen molar-refractivity contribution in [3.05, 3.63) is 47.0 Å². The Morgan fingerprint density at radius 1 is 1.21 bits per heavy atom. The SMILES string of the molecule is COc1cc2c(cc1-c1cccc(Cl)c1)OCC(C)(C)C2NC(=O)O[C@@H]1CN2CCC1CC2. The normalized spacial score (nSPS) is 27.3.